The normalized spacial score (nSPS) is 13.6. The molecule has 5 heteroatoms. The molecule has 0 aliphatic carbocycles. The topological polar surface area (TPSA) is 44.8 Å². The van der Waals surface area contributed by atoms with Crippen LogP contribution in [0.2, 0.25) is 0 Å². The highest BCUT2D eigenvalue weighted by Crippen LogP contribution is 2.20. The van der Waals surface area contributed by atoms with Gasteiger partial charge in [0.05, 0.1) is 13.7 Å². The number of rotatable bonds is 3. The lowest BCUT2D eigenvalue weighted by Crippen LogP contribution is -2.51. The second-order valence-corrected chi connectivity index (χ2v) is 6.00. The minimum atomic E-state index is -0.0539. The van der Waals surface area contributed by atoms with Crippen molar-refractivity contribution < 1.29 is 9.53 Å². The zero-order valence-electron chi connectivity index (χ0n) is 14.9. The summed E-state index contributed by atoms with van der Waals surface area (Å²) in [7, 11) is 1.66. The monoisotopic (exact) mass is 349 g/mol. The van der Waals surface area contributed by atoms with E-state index < -0.39 is 0 Å². The van der Waals surface area contributed by atoms with E-state index in [1.54, 1.807) is 7.11 Å². The summed E-state index contributed by atoms with van der Waals surface area (Å²) in [6, 6.07) is 17.7. The van der Waals surface area contributed by atoms with Crippen LogP contribution in [0, 0.1) is 11.8 Å². The molecule has 2 aromatic carbocycles. The Morgan fingerprint density at radius 1 is 1.04 bits per heavy atom. The van der Waals surface area contributed by atoms with Gasteiger partial charge in [0, 0.05) is 37.4 Å². The van der Waals surface area contributed by atoms with E-state index in [4.69, 9.17) is 4.74 Å². The Morgan fingerprint density at radius 3 is 2.38 bits per heavy atom. The van der Waals surface area contributed by atoms with E-state index >= 15 is 0 Å². The number of ether oxygens (including phenoxy) is 1. The first-order chi connectivity index (χ1) is 12.8. The minimum absolute atomic E-state index is 0.0539. The van der Waals surface area contributed by atoms with E-state index in [-0.39, 0.29) is 6.03 Å². The number of nitrogens with zero attached hydrogens (tertiary/aromatic N) is 2. The molecule has 0 radical (unpaired) electrons. The quantitative estimate of drug-likeness (QED) is 0.867. The highest BCUT2D eigenvalue weighted by molar-refractivity contribution is 5.75. The van der Waals surface area contributed by atoms with Gasteiger partial charge in [-0.25, -0.2) is 4.79 Å². The number of methoxy groups -OCH3 is 1. The molecular weight excluding hydrogens is 326 g/mol. The summed E-state index contributed by atoms with van der Waals surface area (Å²) in [5.74, 6) is 6.88. The van der Waals surface area contributed by atoms with Crippen LogP contribution in [-0.4, -0.2) is 50.8 Å². The van der Waals surface area contributed by atoms with Crippen molar-refractivity contribution in [2.75, 3.05) is 44.7 Å². The summed E-state index contributed by atoms with van der Waals surface area (Å²) in [5, 5.41) is 2.87. The second kappa shape index (κ2) is 8.82. The van der Waals surface area contributed by atoms with Crippen LogP contribution in [0.4, 0.5) is 10.5 Å². The van der Waals surface area contributed by atoms with Crippen LogP contribution in [0.5, 0.6) is 5.75 Å². The summed E-state index contributed by atoms with van der Waals surface area (Å²) in [5.41, 5.74) is 2.11. The molecule has 5 nitrogen and oxygen atoms in total. The van der Waals surface area contributed by atoms with Crippen LogP contribution in [-0.2, 0) is 0 Å². The molecule has 134 valence electrons. The third kappa shape index (κ3) is 4.70. The molecule has 1 fully saturated rings. The smallest absolute Gasteiger partial charge is 0.318 e. The first kappa shape index (κ1) is 17.7. The van der Waals surface area contributed by atoms with E-state index in [1.807, 2.05) is 59.5 Å². The van der Waals surface area contributed by atoms with Crippen LogP contribution in [0.15, 0.2) is 54.6 Å². The van der Waals surface area contributed by atoms with Gasteiger partial charge in [-0.3, -0.25) is 0 Å². The zero-order valence-corrected chi connectivity index (χ0v) is 14.9. The van der Waals surface area contributed by atoms with E-state index in [0.717, 1.165) is 30.1 Å². The first-order valence-corrected chi connectivity index (χ1v) is 8.72. The number of nitrogens with one attached hydrogen (secondary N) is 1. The Labute approximate surface area is 154 Å². The van der Waals surface area contributed by atoms with Gasteiger partial charge in [0.15, 0.2) is 0 Å². The summed E-state index contributed by atoms with van der Waals surface area (Å²) < 4.78 is 5.19. The van der Waals surface area contributed by atoms with Crippen molar-refractivity contribution in [3.63, 3.8) is 0 Å². The van der Waals surface area contributed by atoms with Crippen LogP contribution in [0.25, 0.3) is 0 Å². The molecule has 0 saturated carbocycles. The fourth-order valence-corrected chi connectivity index (χ4v) is 2.86. The Balaban J connectivity index is 1.44. The highest BCUT2D eigenvalue weighted by atomic mass is 16.5. The van der Waals surface area contributed by atoms with Gasteiger partial charge in [-0.15, -0.1) is 0 Å². The minimum Gasteiger partial charge on any atom is -0.497 e. The zero-order chi connectivity index (χ0) is 18.2. The molecular formula is C21H23N3O2. The number of urea groups is 1. The van der Waals surface area contributed by atoms with E-state index in [9.17, 15) is 4.79 Å². The highest BCUT2D eigenvalue weighted by Gasteiger charge is 2.20. The van der Waals surface area contributed by atoms with Gasteiger partial charge < -0.3 is 19.9 Å². The van der Waals surface area contributed by atoms with E-state index in [2.05, 4.69) is 22.1 Å². The molecule has 3 rings (SSSR count). The number of carbonyl (C=O) groups is 1. The number of carbonyl (C=O) groups excluding carboxylic acids is 1. The van der Waals surface area contributed by atoms with Crippen LogP contribution >= 0.6 is 0 Å². The van der Waals surface area contributed by atoms with Crippen molar-refractivity contribution in [3.8, 4) is 17.6 Å². The van der Waals surface area contributed by atoms with Gasteiger partial charge >= 0.3 is 6.03 Å². The molecule has 0 aromatic heterocycles. The van der Waals surface area contributed by atoms with Gasteiger partial charge in [0.1, 0.15) is 5.75 Å². The number of piperazine rings is 1. The number of anilines is 1. The van der Waals surface area contributed by atoms with Crippen LogP contribution in [0.1, 0.15) is 5.56 Å². The van der Waals surface area contributed by atoms with Crippen molar-refractivity contribution in [2.45, 2.75) is 0 Å². The molecule has 1 N–H and O–H groups in total. The average molecular weight is 349 g/mol. The fraction of sp³-hybridized carbons (Fsp3) is 0.286. The Hall–Kier alpha value is -3.13. The molecule has 26 heavy (non-hydrogen) atoms. The number of benzene rings is 2. The predicted octanol–water partition coefficient (Wildman–Crippen LogP) is 2.58. The summed E-state index contributed by atoms with van der Waals surface area (Å²) in [6.07, 6.45) is 0. The summed E-state index contributed by atoms with van der Waals surface area (Å²) in [4.78, 5) is 16.4. The molecule has 1 aliphatic rings. The maximum atomic E-state index is 12.2. The fourth-order valence-electron chi connectivity index (χ4n) is 2.86. The molecule has 0 bridgehead atoms. The number of hydrogen-bond acceptors (Lipinski definition) is 3. The molecule has 0 spiro atoms. The summed E-state index contributed by atoms with van der Waals surface area (Å²) >= 11 is 0. The Bertz CT molecular complexity index is 770. The van der Waals surface area contributed by atoms with Gasteiger partial charge in [-0.05, 0) is 36.4 Å². The van der Waals surface area contributed by atoms with Crippen LogP contribution in [0.3, 0.4) is 0 Å². The number of amides is 2. The molecule has 0 unspecified atom stereocenters. The first-order valence-electron chi connectivity index (χ1n) is 8.72. The number of hydrogen-bond donors (Lipinski definition) is 1. The SMILES string of the molecule is COc1ccc(N2CCN(C(=O)NCC#Cc3ccccc3)CC2)cc1. The van der Waals surface area contributed by atoms with Crippen molar-refractivity contribution in [1.29, 1.82) is 0 Å². The lowest BCUT2D eigenvalue weighted by Gasteiger charge is -2.36. The third-order valence-corrected chi connectivity index (χ3v) is 4.34. The molecule has 0 atom stereocenters. The van der Waals surface area contributed by atoms with Crippen molar-refractivity contribution >= 4 is 11.7 Å². The van der Waals surface area contributed by atoms with Crippen molar-refractivity contribution in [3.05, 3.63) is 60.2 Å². The largest absolute Gasteiger partial charge is 0.497 e. The Morgan fingerprint density at radius 2 is 1.73 bits per heavy atom. The maximum Gasteiger partial charge on any atom is 0.318 e. The van der Waals surface area contributed by atoms with Gasteiger partial charge in [-0.1, -0.05) is 30.0 Å². The predicted molar refractivity (Wildman–Crippen MR) is 103 cm³/mol. The lowest BCUT2D eigenvalue weighted by atomic mass is 10.2. The molecule has 2 aromatic rings. The molecule has 1 saturated heterocycles. The Kier molecular flexibility index (Phi) is 6.00. The van der Waals surface area contributed by atoms with Crippen LogP contribution < -0.4 is 15.0 Å². The molecule has 1 heterocycles. The van der Waals surface area contributed by atoms with Crippen molar-refractivity contribution in [2.24, 2.45) is 0 Å². The third-order valence-electron chi connectivity index (χ3n) is 4.34. The molecule has 2 amide bonds. The standard InChI is InChI=1S/C21H23N3O2/c1-26-20-11-9-19(10-12-20)23-14-16-24(17-15-23)21(25)22-13-5-8-18-6-3-2-4-7-18/h2-4,6-7,9-12H,13-17H2,1H3,(H,22,25). The van der Waals surface area contributed by atoms with Gasteiger partial charge in [0.2, 0.25) is 0 Å². The second-order valence-electron chi connectivity index (χ2n) is 6.00. The van der Waals surface area contributed by atoms with Gasteiger partial charge in [0.25, 0.3) is 0 Å². The lowest BCUT2D eigenvalue weighted by molar-refractivity contribution is 0.195. The van der Waals surface area contributed by atoms with E-state index in [0.29, 0.717) is 19.6 Å². The molecule has 1 aliphatic heterocycles. The maximum absolute atomic E-state index is 12.2. The average Bonchev–Trinajstić information content (AvgIpc) is 2.72. The van der Waals surface area contributed by atoms with Crippen molar-refractivity contribution in [1.82, 2.24) is 10.2 Å². The summed E-state index contributed by atoms with van der Waals surface area (Å²) in [6.45, 7) is 3.38. The van der Waals surface area contributed by atoms with Gasteiger partial charge in [-0.2, -0.15) is 0 Å². The van der Waals surface area contributed by atoms with E-state index in [1.165, 1.54) is 0 Å².